The molecule has 1 aliphatic heterocycles. The van der Waals surface area contributed by atoms with E-state index < -0.39 is 23.9 Å². The SMILES string of the molecule is COc1cnc(C(=O)Nc2cc(F)c(Cl)c([C@@]3(CF)N=C(N)O[C@@H]4C[C@@H]43)c2)cn1. The Morgan fingerprint density at radius 3 is 2.90 bits per heavy atom. The van der Waals surface area contributed by atoms with Crippen molar-refractivity contribution in [1.82, 2.24) is 9.97 Å². The third-order valence-electron chi connectivity index (χ3n) is 4.95. The Morgan fingerprint density at radius 2 is 2.24 bits per heavy atom. The maximum atomic E-state index is 14.5. The van der Waals surface area contributed by atoms with Gasteiger partial charge in [0.15, 0.2) is 0 Å². The number of fused-ring (bicyclic) bond motifs is 1. The van der Waals surface area contributed by atoms with E-state index in [2.05, 4.69) is 20.3 Å². The first-order chi connectivity index (χ1) is 13.9. The summed E-state index contributed by atoms with van der Waals surface area (Å²) in [6.07, 6.45) is 2.70. The fourth-order valence-electron chi connectivity index (χ4n) is 3.44. The fourth-order valence-corrected chi connectivity index (χ4v) is 3.71. The number of hydrogen-bond acceptors (Lipinski definition) is 7. The van der Waals surface area contributed by atoms with Crippen LogP contribution in [0.15, 0.2) is 29.5 Å². The summed E-state index contributed by atoms with van der Waals surface area (Å²) in [5, 5.41) is 2.23. The molecule has 0 radical (unpaired) electrons. The van der Waals surface area contributed by atoms with Gasteiger partial charge in [0.25, 0.3) is 11.9 Å². The number of nitrogens with one attached hydrogen (secondary N) is 1. The molecule has 1 aliphatic carbocycles. The van der Waals surface area contributed by atoms with Gasteiger partial charge in [-0.05, 0) is 18.6 Å². The monoisotopic (exact) mass is 423 g/mol. The minimum absolute atomic E-state index is 0.0153. The molecular weight excluding hydrogens is 408 g/mol. The standard InChI is InChI=1S/C18H16ClF2N5O3/c1-28-14-6-23-12(5-24-14)16(27)25-8-2-10(15(19)11(21)3-8)18(7-20)9-4-13(9)29-17(22)26-18/h2-3,5-6,9,13H,4,7H2,1H3,(H2,22,26)(H,25,27)/t9-,13+,18-/m0/s1. The Kier molecular flexibility index (Phi) is 4.73. The molecule has 1 saturated carbocycles. The lowest BCUT2D eigenvalue weighted by Crippen LogP contribution is -2.39. The van der Waals surface area contributed by atoms with Crippen molar-refractivity contribution in [1.29, 1.82) is 0 Å². The molecule has 8 nitrogen and oxygen atoms in total. The van der Waals surface area contributed by atoms with Crippen LogP contribution in [0.2, 0.25) is 5.02 Å². The summed E-state index contributed by atoms with van der Waals surface area (Å²) in [5.74, 6) is -1.55. The molecule has 3 atom stereocenters. The van der Waals surface area contributed by atoms with E-state index in [9.17, 15) is 13.6 Å². The second-order valence-corrected chi connectivity index (χ2v) is 7.10. The molecule has 1 aromatic carbocycles. The van der Waals surface area contributed by atoms with Crippen molar-refractivity contribution in [2.24, 2.45) is 16.6 Å². The van der Waals surface area contributed by atoms with E-state index in [1.165, 1.54) is 25.6 Å². The van der Waals surface area contributed by atoms with Gasteiger partial charge in [-0.1, -0.05) is 11.6 Å². The lowest BCUT2D eigenvalue weighted by molar-refractivity contribution is 0.102. The number of benzene rings is 1. The van der Waals surface area contributed by atoms with E-state index in [1.807, 2.05) is 0 Å². The highest BCUT2D eigenvalue weighted by Gasteiger charge is 2.60. The number of rotatable bonds is 5. The molecule has 29 heavy (non-hydrogen) atoms. The van der Waals surface area contributed by atoms with E-state index in [0.717, 1.165) is 6.07 Å². The number of aromatic nitrogens is 2. The number of alkyl halides is 1. The summed E-state index contributed by atoms with van der Waals surface area (Å²) in [4.78, 5) is 24.4. The van der Waals surface area contributed by atoms with Gasteiger partial charge >= 0.3 is 0 Å². The summed E-state index contributed by atoms with van der Waals surface area (Å²) in [5.41, 5.74) is 4.35. The number of amidine groups is 1. The number of methoxy groups -OCH3 is 1. The number of aliphatic imine (C=N–C) groups is 1. The molecule has 0 unspecified atom stereocenters. The first-order valence-electron chi connectivity index (χ1n) is 8.63. The third kappa shape index (κ3) is 3.33. The molecule has 1 fully saturated rings. The van der Waals surface area contributed by atoms with E-state index in [-0.39, 0.29) is 45.9 Å². The molecule has 2 heterocycles. The van der Waals surface area contributed by atoms with Crippen molar-refractivity contribution in [3.63, 3.8) is 0 Å². The maximum Gasteiger partial charge on any atom is 0.283 e. The normalized spacial score (nSPS) is 24.8. The first-order valence-corrected chi connectivity index (χ1v) is 9.00. The Morgan fingerprint density at radius 1 is 1.45 bits per heavy atom. The number of hydrogen-bond donors (Lipinski definition) is 2. The lowest BCUT2D eigenvalue weighted by Gasteiger charge is -2.32. The number of carbonyl (C=O) groups is 1. The molecule has 4 rings (SSSR count). The highest BCUT2D eigenvalue weighted by Crippen LogP contribution is 2.54. The van der Waals surface area contributed by atoms with Gasteiger partial charge in [-0.25, -0.2) is 23.7 Å². The molecule has 3 N–H and O–H groups in total. The van der Waals surface area contributed by atoms with Gasteiger partial charge in [0, 0.05) is 17.2 Å². The zero-order chi connectivity index (χ0) is 20.8. The van der Waals surface area contributed by atoms with Crippen LogP contribution < -0.4 is 15.8 Å². The Balaban J connectivity index is 1.69. The summed E-state index contributed by atoms with van der Waals surface area (Å²) >= 11 is 6.14. The molecule has 11 heteroatoms. The van der Waals surface area contributed by atoms with Gasteiger partial charge < -0.3 is 20.5 Å². The van der Waals surface area contributed by atoms with Gasteiger partial charge in [-0.2, -0.15) is 0 Å². The summed E-state index contributed by atoms with van der Waals surface area (Å²) in [7, 11) is 1.42. The van der Waals surface area contributed by atoms with Crippen LogP contribution in [0.25, 0.3) is 0 Å². The van der Waals surface area contributed by atoms with Gasteiger partial charge in [-0.15, -0.1) is 0 Å². The smallest absolute Gasteiger partial charge is 0.283 e. The van der Waals surface area contributed by atoms with Crippen molar-refractivity contribution in [3.05, 3.63) is 46.6 Å². The van der Waals surface area contributed by atoms with Crippen molar-refractivity contribution < 1.29 is 23.0 Å². The van der Waals surface area contributed by atoms with Crippen molar-refractivity contribution in [2.45, 2.75) is 18.1 Å². The van der Waals surface area contributed by atoms with E-state index in [1.54, 1.807) is 0 Å². The highest BCUT2D eigenvalue weighted by molar-refractivity contribution is 6.31. The van der Waals surface area contributed by atoms with Gasteiger partial charge in [0.05, 0.1) is 24.5 Å². The average molecular weight is 424 g/mol. The van der Waals surface area contributed by atoms with Crippen LogP contribution >= 0.6 is 11.6 Å². The molecule has 0 spiro atoms. The van der Waals surface area contributed by atoms with Crippen molar-refractivity contribution in [3.8, 4) is 5.88 Å². The Labute approximate surface area is 169 Å². The van der Waals surface area contributed by atoms with Crippen LogP contribution in [0.1, 0.15) is 22.5 Å². The first kappa shape index (κ1) is 19.3. The van der Waals surface area contributed by atoms with Crippen LogP contribution in [-0.2, 0) is 10.3 Å². The van der Waals surface area contributed by atoms with E-state index in [4.69, 9.17) is 26.8 Å². The van der Waals surface area contributed by atoms with Crippen molar-refractivity contribution in [2.75, 3.05) is 19.1 Å². The molecule has 152 valence electrons. The minimum atomic E-state index is -1.47. The number of amides is 1. The lowest BCUT2D eigenvalue weighted by atomic mass is 9.85. The predicted octanol–water partition coefficient (Wildman–Crippen LogP) is 2.43. The van der Waals surface area contributed by atoms with Crippen LogP contribution in [0, 0.1) is 11.7 Å². The number of ether oxygens (including phenoxy) is 2. The zero-order valence-electron chi connectivity index (χ0n) is 15.2. The van der Waals surface area contributed by atoms with E-state index >= 15 is 0 Å². The van der Waals surface area contributed by atoms with E-state index in [0.29, 0.717) is 6.42 Å². The summed E-state index contributed by atoms with van der Waals surface area (Å²) in [6.45, 7) is -0.946. The number of halogens is 3. The van der Waals surface area contributed by atoms with Crippen LogP contribution in [-0.4, -0.2) is 41.8 Å². The van der Waals surface area contributed by atoms with Crippen molar-refractivity contribution >= 4 is 29.2 Å². The number of nitrogens with zero attached hydrogens (tertiary/aromatic N) is 3. The van der Waals surface area contributed by atoms with Gasteiger partial charge in [0.2, 0.25) is 5.88 Å². The molecule has 2 aliphatic rings. The Bertz CT molecular complexity index is 1000. The Hall–Kier alpha value is -3.01. The van der Waals surface area contributed by atoms with Crippen LogP contribution in [0.3, 0.4) is 0 Å². The quantitative estimate of drug-likeness (QED) is 0.764. The molecule has 0 saturated heterocycles. The summed E-state index contributed by atoms with van der Waals surface area (Å²) in [6, 6.07) is 2.24. The number of nitrogens with two attached hydrogens (primary N) is 1. The molecule has 0 bridgehead atoms. The van der Waals surface area contributed by atoms with Gasteiger partial charge in [0.1, 0.15) is 29.8 Å². The molecule has 2 aromatic rings. The molecular formula is C18H16ClF2N5O3. The number of carbonyl (C=O) groups excluding carboxylic acids is 1. The predicted molar refractivity (Wildman–Crippen MR) is 100 cm³/mol. The fraction of sp³-hybridized carbons (Fsp3) is 0.333. The zero-order valence-corrected chi connectivity index (χ0v) is 15.9. The second kappa shape index (κ2) is 7.11. The topological polar surface area (TPSA) is 112 Å². The van der Waals surface area contributed by atoms with Crippen LogP contribution in [0.5, 0.6) is 5.88 Å². The second-order valence-electron chi connectivity index (χ2n) is 6.72. The third-order valence-corrected chi connectivity index (χ3v) is 5.34. The van der Waals surface area contributed by atoms with Crippen LogP contribution in [0.4, 0.5) is 14.5 Å². The van der Waals surface area contributed by atoms with Gasteiger partial charge in [-0.3, -0.25) is 4.79 Å². The largest absolute Gasteiger partial charge is 0.480 e. The molecule has 1 aromatic heterocycles. The minimum Gasteiger partial charge on any atom is -0.480 e. The maximum absolute atomic E-state index is 14.5. The number of anilines is 1. The highest BCUT2D eigenvalue weighted by atomic mass is 35.5. The summed E-state index contributed by atoms with van der Waals surface area (Å²) < 4.78 is 38.9. The molecule has 1 amide bonds. The average Bonchev–Trinajstić information content (AvgIpc) is 3.49.